The van der Waals surface area contributed by atoms with Crippen LogP contribution in [-0.2, 0) is 4.74 Å². The summed E-state index contributed by atoms with van der Waals surface area (Å²) in [5.74, 6) is 0.679. The third-order valence-electron chi connectivity index (χ3n) is 0.948. The summed E-state index contributed by atoms with van der Waals surface area (Å²) in [4.78, 5) is 10.1. The molecule has 0 saturated heterocycles. The van der Waals surface area contributed by atoms with Crippen LogP contribution in [-0.4, -0.2) is 35.8 Å². The summed E-state index contributed by atoms with van der Waals surface area (Å²) >= 11 is -0.0173. The van der Waals surface area contributed by atoms with Gasteiger partial charge in [-0.3, -0.25) is 0 Å². The molecule has 0 bridgehead atoms. The van der Waals surface area contributed by atoms with Gasteiger partial charge in [-0.1, -0.05) is 0 Å². The summed E-state index contributed by atoms with van der Waals surface area (Å²) in [5, 5.41) is 0. The molecule has 0 amide bonds. The number of alkyl halides is 1. The van der Waals surface area contributed by atoms with E-state index in [-0.39, 0.29) is 21.2 Å². The third kappa shape index (κ3) is 2.64. The van der Waals surface area contributed by atoms with Gasteiger partial charge in [-0.05, 0) is 0 Å². The Morgan fingerprint density at radius 3 is 2.00 bits per heavy atom. The molecule has 0 aromatic carbocycles. The first-order chi connectivity index (χ1) is 4.79. The summed E-state index contributed by atoms with van der Waals surface area (Å²) in [6.45, 7) is 0. The van der Waals surface area contributed by atoms with Gasteiger partial charge in [0.15, 0.2) is 0 Å². The number of aliphatic imine (C=N–C) groups is 2. The summed E-state index contributed by atoms with van der Waals surface area (Å²) in [6, 6.07) is 0. The van der Waals surface area contributed by atoms with Crippen molar-refractivity contribution in [3.05, 3.63) is 0 Å². The van der Waals surface area contributed by atoms with Crippen molar-refractivity contribution in [2.75, 3.05) is 26.1 Å². The summed E-state index contributed by atoms with van der Waals surface area (Å²) in [6.07, 6.45) is 0. The maximum atomic E-state index is 4.99. The van der Waals surface area contributed by atoms with Gasteiger partial charge in [0.25, 0.3) is 0 Å². The molecule has 3 nitrogen and oxygen atoms in total. The first kappa shape index (κ1) is 9.87. The van der Waals surface area contributed by atoms with E-state index >= 15 is 0 Å². The van der Waals surface area contributed by atoms with Crippen LogP contribution in [0.5, 0.6) is 0 Å². The van der Waals surface area contributed by atoms with E-state index in [1.54, 1.807) is 21.2 Å². The van der Waals surface area contributed by atoms with E-state index in [0.29, 0.717) is 5.90 Å². The van der Waals surface area contributed by atoms with Crippen LogP contribution in [0.15, 0.2) is 9.98 Å². The van der Waals surface area contributed by atoms with E-state index in [1.807, 2.05) is 0 Å². The number of halogens is 1. The third-order valence-corrected chi connectivity index (χ3v) is 2.91. The number of nitrogens with zero attached hydrogens (tertiary/aromatic N) is 2. The monoisotopic (exact) mass is 255 g/mol. The SMILES string of the molecule is CN=C(OC)C(=NC)[I-]C. The molecule has 0 aliphatic heterocycles. The maximum absolute atomic E-state index is 4.99. The van der Waals surface area contributed by atoms with E-state index < -0.39 is 0 Å². The summed E-state index contributed by atoms with van der Waals surface area (Å²) in [5.41, 5.74) is 0. The molecule has 0 N–H and O–H groups in total. The van der Waals surface area contributed by atoms with Crippen LogP contribution in [0.2, 0.25) is 0 Å². The summed E-state index contributed by atoms with van der Waals surface area (Å²) in [7, 11) is 5.10. The van der Waals surface area contributed by atoms with Crippen molar-refractivity contribution in [1.82, 2.24) is 0 Å². The van der Waals surface area contributed by atoms with Gasteiger partial charge in [-0.15, -0.1) is 0 Å². The molecule has 60 valence electrons. The van der Waals surface area contributed by atoms with Crippen molar-refractivity contribution in [2.24, 2.45) is 9.98 Å². The fourth-order valence-electron chi connectivity index (χ4n) is 0.529. The number of methoxy groups -OCH3 is 1. The van der Waals surface area contributed by atoms with Crippen molar-refractivity contribution >= 4 is 9.62 Å². The normalized spacial score (nSPS) is 14.0. The van der Waals surface area contributed by atoms with Crippen LogP contribution in [0.25, 0.3) is 0 Å². The molecular weight excluding hydrogens is 243 g/mol. The average Bonchev–Trinajstić information content (AvgIpc) is 2.00. The topological polar surface area (TPSA) is 34.0 Å². The van der Waals surface area contributed by atoms with E-state index in [0.717, 1.165) is 3.72 Å². The van der Waals surface area contributed by atoms with Gasteiger partial charge < -0.3 is 0 Å². The molecule has 0 aliphatic carbocycles. The van der Waals surface area contributed by atoms with Crippen molar-refractivity contribution in [1.29, 1.82) is 0 Å². The zero-order chi connectivity index (χ0) is 7.98. The van der Waals surface area contributed by atoms with E-state index in [4.69, 9.17) is 4.74 Å². The van der Waals surface area contributed by atoms with Crippen LogP contribution in [0.3, 0.4) is 0 Å². The number of rotatable bonds is 2. The van der Waals surface area contributed by atoms with Crippen molar-refractivity contribution in [3.63, 3.8) is 0 Å². The first-order valence-electron chi connectivity index (χ1n) is 2.77. The van der Waals surface area contributed by atoms with E-state index in [9.17, 15) is 0 Å². The van der Waals surface area contributed by atoms with E-state index in [1.165, 1.54) is 0 Å². The Labute approximate surface area is 71.9 Å². The van der Waals surface area contributed by atoms with Crippen molar-refractivity contribution < 1.29 is 25.9 Å². The fourth-order valence-corrected chi connectivity index (χ4v) is 1.93. The quantitative estimate of drug-likeness (QED) is 0.231. The predicted molar refractivity (Wildman–Crippen MR) is 39.7 cm³/mol. The molecule has 0 unspecified atom stereocenters. The molecule has 0 aromatic heterocycles. The second-order valence-corrected chi connectivity index (χ2v) is 3.54. The molecule has 0 radical (unpaired) electrons. The molecule has 0 rings (SSSR count). The van der Waals surface area contributed by atoms with Crippen LogP contribution in [0.4, 0.5) is 0 Å². The Hall–Kier alpha value is -0.130. The van der Waals surface area contributed by atoms with Gasteiger partial charge in [0, 0.05) is 0 Å². The van der Waals surface area contributed by atoms with Gasteiger partial charge in [-0.2, -0.15) is 0 Å². The van der Waals surface area contributed by atoms with Crippen LogP contribution >= 0.6 is 0 Å². The van der Waals surface area contributed by atoms with Crippen LogP contribution < -0.4 is 21.2 Å². The Morgan fingerprint density at radius 2 is 1.90 bits per heavy atom. The molecule has 0 saturated carbocycles. The zero-order valence-electron chi connectivity index (χ0n) is 6.68. The van der Waals surface area contributed by atoms with Crippen molar-refractivity contribution in [3.8, 4) is 0 Å². The number of ether oxygens (including phenoxy) is 1. The van der Waals surface area contributed by atoms with Gasteiger partial charge in [-0.25, -0.2) is 0 Å². The molecule has 0 spiro atoms. The van der Waals surface area contributed by atoms with Gasteiger partial charge in [0.05, 0.1) is 0 Å². The van der Waals surface area contributed by atoms with E-state index in [2.05, 4.69) is 14.9 Å². The van der Waals surface area contributed by atoms with Crippen LogP contribution in [0.1, 0.15) is 0 Å². The molecule has 10 heavy (non-hydrogen) atoms. The summed E-state index contributed by atoms with van der Waals surface area (Å²) < 4.78 is 6.01. The molecule has 0 aromatic rings. The Balaban J connectivity index is 4.27. The molecule has 0 heterocycles. The molecule has 0 fully saturated rings. The molecule has 0 atom stereocenters. The van der Waals surface area contributed by atoms with Gasteiger partial charge >= 0.3 is 71.7 Å². The number of hydrogen-bond donors (Lipinski definition) is 0. The van der Waals surface area contributed by atoms with Crippen LogP contribution in [0, 0.1) is 0 Å². The standard InChI is InChI=1S/C6H12IN2O/c1-7-5(8-2)6(9-3)10-4/h1-4H3/q-1. The van der Waals surface area contributed by atoms with Gasteiger partial charge in [0.2, 0.25) is 0 Å². The predicted octanol–water partition coefficient (Wildman–Crippen LogP) is -2.59. The second-order valence-electron chi connectivity index (χ2n) is 1.44. The fraction of sp³-hybridized carbons (Fsp3) is 0.667. The zero-order valence-corrected chi connectivity index (χ0v) is 8.84. The Kier molecular flexibility index (Phi) is 5.57. The minimum absolute atomic E-state index is 0.0173. The second kappa shape index (κ2) is 5.64. The van der Waals surface area contributed by atoms with Gasteiger partial charge in [0.1, 0.15) is 0 Å². The Morgan fingerprint density at radius 1 is 1.30 bits per heavy atom. The first-order valence-corrected chi connectivity index (χ1v) is 6.01. The molecule has 0 aliphatic rings. The molecule has 4 heteroatoms. The average molecular weight is 255 g/mol. The molecular formula is C6H12IN2O-. The minimum atomic E-state index is -0.0173. The Bertz CT molecular complexity index is 136. The van der Waals surface area contributed by atoms with Crippen molar-refractivity contribution in [2.45, 2.75) is 0 Å². The number of hydrogen-bond acceptors (Lipinski definition) is 3.